The van der Waals surface area contributed by atoms with Crippen molar-refractivity contribution in [1.82, 2.24) is 15.6 Å². The molecule has 1 aliphatic rings. The number of aromatic amines is 1. The summed E-state index contributed by atoms with van der Waals surface area (Å²) in [5.41, 5.74) is 1.89. The molecule has 5 rings (SSSR count). The van der Waals surface area contributed by atoms with Crippen molar-refractivity contribution in [3.05, 3.63) is 72.1 Å². The minimum absolute atomic E-state index is 0.0411. The highest BCUT2D eigenvalue weighted by Crippen LogP contribution is 2.26. The molecule has 0 radical (unpaired) electrons. The third kappa shape index (κ3) is 4.54. The van der Waals surface area contributed by atoms with Crippen LogP contribution in [0.2, 0.25) is 0 Å². The Morgan fingerprint density at radius 1 is 1.18 bits per heavy atom. The molecule has 0 spiro atoms. The summed E-state index contributed by atoms with van der Waals surface area (Å²) in [5, 5.41) is 8.86. The van der Waals surface area contributed by atoms with Crippen LogP contribution in [0.4, 0.5) is 0 Å². The summed E-state index contributed by atoms with van der Waals surface area (Å²) >= 11 is 0. The van der Waals surface area contributed by atoms with Crippen LogP contribution in [0.1, 0.15) is 38.0 Å². The maximum atomic E-state index is 13.5. The first kappa shape index (κ1) is 21.7. The molecule has 6 heteroatoms. The Balaban J connectivity index is 1.38. The van der Waals surface area contributed by atoms with Gasteiger partial charge in [-0.25, -0.2) is 0 Å². The Kier molecular flexibility index (Phi) is 5.72. The fraction of sp³-hybridized carbons (Fsp3) is 0.370. The van der Waals surface area contributed by atoms with Gasteiger partial charge in [0.25, 0.3) is 0 Å². The lowest BCUT2D eigenvalue weighted by Crippen LogP contribution is -2.57. The molecule has 172 valence electrons. The van der Waals surface area contributed by atoms with Gasteiger partial charge >= 0.3 is 0 Å². The number of carbonyl (C=O) groups excluding carboxylic acids is 1. The highest BCUT2D eigenvalue weighted by molar-refractivity contribution is 5.89. The second-order valence-electron chi connectivity index (χ2n) is 9.56. The van der Waals surface area contributed by atoms with Gasteiger partial charge in [0.2, 0.25) is 5.91 Å². The standard InChI is InChI=1S/C27H31N3O3/c1-26(12-7-13-32-26)18-29-25(31)27(2,15-20-16-28-23-10-5-4-9-22(20)23)30-17-21-14-19-8-3-6-11-24(19)33-21/h3-6,8-11,14,16,28,30H,7,12-13,15,17-18H2,1-2H3,(H,29,31). The normalized spacial score (nSPS) is 20.3. The molecule has 3 heterocycles. The number of rotatable bonds is 8. The lowest BCUT2D eigenvalue weighted by Gasteiger charge is -2.32. The van der Waals surface area contributed by atoms with Gasteiger partial charge in [0.05, 0.1) is 17.7 Å². The largest absolute Gasteiger partial charge is 0.460 e. The number of carbonyl (C=O) groups is 1. The highest BCUT2D eigenvalue weighted by atomic mass is 16.5. The summed E-state index contributed by atoms with van der Waals surface area (Å²) in [6.45, 7) is 5.74. The van der Waals surface area contributed by atoms with E-state index in [1.54, 1.807) is 0 Å². The molecular formula is C27H31N3O3. The number of nitrogens with one attached hydrogen (secondary N) is 3. The van der Waals surface area contributed by atoms with Crippen LogP contribution in [0.3, 0.4) is 0 Å². The molecule has 1 saturated heterocycles. The number of aromatic nitrogens is 1. The summed E-state index contributed by atoms with van der Waals surface area (Å²) in [6.07, 6.45) is 4.53. The van der Waals surface area contributed by atoms with E-state index >= 15 is 0 Å². The SMILES string of the molecule is CC1(CNC(=O)C(C)(Cc2c[nH]c3ccccc23)NCc2cc3ccccc3o2)CCCO1. The van der Waals surface area contributed by atoms with Crippen molar-refractivity contribution >= 4 is 27.8 Å². The van der Waals surface area contributed by atoms with Gasteiger partial charge in [-0.05, 0) is 50.5 Å². The molecule has 0 bridgehead atoms. The second kappa shape index (κ2) is 8.69. The smallest absolute Gasteiger partial charge is 0.240 e. The second-order valence-corrected chi connectivity index (χ2v) is 9.56. The zero-order valence-corrected chi connectivity index (χ0v) is 19.2. The monoisotopic (exact) mass is 445 g/mol. The Bertz CT molecular complexity index is 1230. The lowest BCUT2D eigenvalue weighted by atomic mass is 9.90. The maximum Gasteiger partial charge on any atom is 0.240 e. The third-order valence-corrected chi connectivity index (χ3v) is 6.77. The zero-order valence-electron chi connectivity index (χ0n) is 19.2. The summed E-state index contributed by atoms with van der Waals surface area (Å²) in [7, 11) is 0. The first-order valence-corrected chi connectivity index (χ1v) is 11.6. The molecule has 1 amide bonds. The molecule has 2 unspecified atom stereocenters. The average molecular weight is 446 g/mol. The van der Waals surface area contributed by atoms with E-state index in [0.29, 0.717) is 19.5 Å². The van der Waals surface area contributed by atoms with E-state index in [9.17, 15) is 4.79 Å². The van der Waals surface area contributed by atoms with Crippen molar-refractivity contribution in [2.24, 2.45) is 0 Å². The first-order valence-electron chi connectivity index (χ1n) is 11.6. The number of amides is 1. The van der Waals surface area contributed by atoms with E-state index in [1.165, 1.54) is 0 Å². The van der Waals surface area contributed by atoms with E-state index in [-0.39, 0.29) is 11.5 Å². The molecule has 2 atom stereocenters. The van der Waals surface area contributed by atoms with Crippen LogP contribution in [0.15, 0.2) is 65.2 Å². The van der Waals surface area contributed by atoms with E-state index in [0.717, 1.165) is 52.6 Å². The quantitative estimate of drug-likeness (QED) is 0.368. The minimum atomic E-state index is -0.834. The van der Waals surface area contributed by atoms with Crippen LogP contribution in [0.5, 0.6) is 0 Å². The van der Waals surface area contributed by atoms with Gasteiger partial charge in [-0.3, -0.25) is 10.1 Å². The van der Waals surface area contributed by atoms with Crippen LogP contribution < -0.4 is 10.6 Å². The van der Waals surface area contributed by atoms with Crippen LogP contribution in [0.25, 0.3) is 21.9 Å². The van der Waals surface area contributed by atoms with Crippen molar-refractivity contribution in [2.45, 2.75) is 50.8 Å². The minimum Gasteiger partial charge on any atom is -0.460 e. The van der Waals surface area contributed by atoms with Gasteiger partial charge in [-0.1, -0.05) is 36.4 Å². The van der Waals surface area contributed by atoms with Crippen LogP contribution in [0, 0.1) is 0 Å². The van der Waals surface area contributed by atoms with Crippen molar-refractivity contribution < 1.29 is 13.9 Å². The number of ether oxygens (including phenoxy) is 1. The predicted molar refractivity (Wildman–Crippen MR) is 130 cm³/mol. The topological polar surface area (TPSA) is 79.3 Å². The summed E-state index contributed by atoms with van der Waals surface area (Å²) < 4.78 is 11.9. The Morgan fingerprint density at radius 3 is 2.82 bits per heavy atom. The van der Waals surface area contributed by atoms with E-state index < -0.39 is 5.54 Å². The number of furan rings is 1. The average Bonchev–Trinajstić information content (AvgIpc) is 3.55. The van der Waals surface area contributed by atoms with Gasteiger partial charge < -0.3 is 19.5 Å². The molecule has 0 aliphatic carbocycles. The van der Waals surface area contributed by atoms with Crippen LogP contribution in [-0.4, -0.2) is 35.2 Å². The van der Waals surface area contributed by atoms with Gasteiger partial charge in [0.15, 0.2) is 0 Å². The Labute approximate surface area is 193 Å². The molecule has 2 aromatic heterocycles. The maximum absolute atomic E-state index is 13.5. The number of hydrogen-bond acceptors (Lipinski definition) is 4. The molecule has 1 fully saturated rings. The molecule has 33 heavy (non-hydrogen) atoms. The van der Waals surface area contributed by atoms with Crippen LogP contribution >= 0.6 is 0 Å². The number of benzene rings is 2. The van der Waals surface area contributed by atoms with Crippen molar-refractivity contribution in [3.8, 4) is 0 Å². The molecule has 1 aliphatic heterocycles. The molecule has 6 nitrogen and oxygen atoms in total. The molecule has 0 saturated carbocycles. The third-order valence-electron chi connectivity index (χ3n) is 6.77. The number of hydrogen-bond donors (Lipinski definition) is 3. The van der Waals surface area contributed by atoms with Crippen molar-refractivity contribution in [2.75, 3.05) is 13.2 Å². The number of para-hydroxylation sites is 2. The molecule has 2 aromatic carbocycles. The van der Waals surface area contributed by atoms with Gasteiger partial charge in [-0.2, -0.15) is 0 Å². The number of H-pyrrole nitrogens is 1. The Morgan fingerprint density at radius 2 is 2.00 bits per heavy atom. The van der Waals surface area contributed by atoms with E-state index in [2.05, 4.69) is 34.7 Å². The first-order chi connectivity index (χ1) is 15.9. The molecular weight excluding hydrogens is 414 g/mol. The summed E-state index contributed by atoms with van der Waals surface area (Å²) in [5.74, 6) is 0.765. The van der Waals surface area contributed by atoms with Crippen LogP contribution in [-0.2, 0) is 22.5 Å². The van der Waals surface area contributed by atoms with Gasteiger partial charge in [0.1, 0.15) is 11.3 Å². The van der Waals surface area contributed by atoms with E-state index in [1.807, 2.05) is 55.6 Å². The zero-order chi connectivity index (χ0) is 22.9. The lowest BCUT2D eigenvalue weighted by molar-refractivity contribution is -0.128. The highest BCUT2D eigenvalue weighted by Gasteiger charge is 2.37. The van der Waals surface area contributed by atoms with Crippen molar-refractivity contribution in [1.29, 1.82) is 0 Å². The fourth-order valence-electron chi connectivity index (χ4n) is 4.73. The summed E-state index contributed by atoms with van der Waals surface area (Å²) in [4.78, 5) is 16.9. The summed E-state index contributed by atoms with van der Waals surface area (Å²) in [6, 6.07) is 18.1. The van der Waals surface area contributed by atoms with Gasteiger partial charge in [-0.15, -0.1) is 0 Å². The molecule has 3 N–H and O–H groups in total. The van der Waals surface area contributed by atoms with E-state index in [4.69, 9.17) is 9.15 Å². The Hall–Kier alpha value is -3.09. The van der Waals surface area contributed by atoms with Gasteiger partial charge in [0, 0.05) is 42.1 Å². The fourth-order valence-corrected chi connectivity index (χ4v) is 4.73. The molecule has 4 aromatic rings. The van der Waals surface area contributed by atoms with Crippen molar-refractivity contribution in [3.63, 3.8) is 0 Å². The predicted octanol–water partition coefficient (Wildman–Crippen LogP) is 4.69. The number of fused-ring (bicyclic) bond motifs is 2.